The fourth-order valence-electron chi connectivity index (χ4n) is 1.82. The molecule has 0 saturated heterocycles. The Labute approximate surface area is 120 Å². The lowest BCUT2D eigenvalue weighted by molar-refractivity contribution is 0.199. The van der Waals surface area contributed by atoms with Crippen LogP contribution >= 0.6 is 11.8 Å². The van der Waals surface area contributed by atoms with Gasteiger partial charge < -0.3 is 14.8 Å². The Morgan fingerprint density at radius 1 is 1.26 bits per heavy atom. The first-order valence-electron chi connectivity index (χ1n) is 6.54. The highest BCUT2D eigenvalue weighted by atomic mass is 32.2. The molecule has 110 valence electrons. The largest absolute Gasteiger partial charge is 0.385 e. The van der Waals surface area contributed by atoms with Gasteiger partial charge in [0.25, 0.3) is 0 Å². The molecule has 0 radical (unpaired) electrons. The molecule has 0 aliphatic rings. The van der Waals surface area contributed by atoms with Gasteiger partial charge in [-0.2, -0.15) is 5.10 Å². The van der Waals surface area contributed by atoms with Crippen molar-refractivity contribution in [3.63, 3.8) is 0 Å². The lowest BCUT2D eigenvalue weighted by atomic mass is 10.2. The summed E-state index contributed by atoms with van der Waals surface area (Å²) in [5, 5.41) is 9.13. The first kappa shape index (κ1) is 16.5. The zero-order valence-corrected chi connectivity index (χ0v) is 13.2. The van der Waals surface area contributed by atoms with E-state index in [9.17, 15) is 0 Å². The zero-order chi connectivity index (χ0) is 14.1. The van der Waals surface area contributed by atoms with Crippen molar-refractivity contribution in [2.45, 2.75) is 24.9 Å². The van der Waals surface area contributed by atoms with Crippen LogP contribution < -0.4 is 5.32 Å². The SMILES string of the molecule is COCCCSc1c(CNCCOC)c(C)nn1C. The number of rotatable bonds is 10. The van der Waals surface area contributed by atoms with Crippen molar-refractivity contribution in [3.8, 4) is 0 Å². The van der Waals surface area contributed by atoms with E-state index in [1.165, 1.54) is 10.6 Å². The number of aryl methyl sites for hydroxylation is 2. The van der Waals surface area contributed by atoms with Crippen molar-refractivity contribution < 1.29 is 9.47 Å². The Kier molecular flexibility index (Phi) is 8.13. The van der Waals surface area contributed by atoms with Crippen LogP contribution in [0.3, 0.4) is 0 Å². The second kappa shape index (κ2) is 9.36. The van der Waals surface area contributed by atoms with Gasteiger partial charge in [0.1, 0.15) is 0 Å². The van der Waals surface area contributed by atoms with Gasteiger partial charge in [-0.1, -0.05) is 0 Å². The van der Waals surface area contributed by atoms with Gasteiger partial charge in [-0.05, 0) is 13.3 Å². The monoisotopic (exact) mass is 287 g/mol. The molecule has 0 bridgehead atoms. The Balaban J connectivity index is 2.52. The predicted molar refractivity (Wildman–Crippen MR) is 78.7 cm³/mol. The van der Waals surface area contributed by atoms with Crippen molar-refractivity contribution in [2.75, 3.05) is 39.7 Å². The smallest absolute Gasteiger partial charge is 0.0984 e. The third-order valence-electron chi connectivity index (χ3n) is 2.81. The topological polar surface area (TPSA) is 48.3 Å². The highest BCUT2D eigenvalue weighted by Crippen LogP contribution is 2.25. The summed E-state index contributed by atoms with van der Waals surface area (Å²) in [4.78, 5) is 0. The number of nitrogens with zero attached hydrogens (tertiary/aromatic N) is 2. The number of hydrogen-bond donors (Lipinski definition) is 1. The van der Waals surface area contributed by atoms with Crippen LogP contribution in [0.5, 0.6) is 0 Å². The molecule has 1 aromatic heterocycles. The Hall–Kier alpha value is -0.560. The second-order valence-electron chi connectivity index (χ2n) is 4.36. The van der Waals surface area contributed by atoms with Crippen molar-refractivity contribution in [1.82, 2.24) is 15.1 Å². The number of aromatic nitrogens is 2. The molecule has 0 amide bonds. The zero-order valence-electron chi connectivity index (χ0n) is 12.4. The number of thioether (sulfide) groups is 1. The molecule has 0 saturated carbocycles. The Morgan fingerprint density at radius 2 is 2.00 bits per heavy atom. The molecule has 19 heavy (non-hydrogen) atoms. The first-order chi connectivity index (χ1) is 9.20. The third kappa shape index (κ3) is 5.52. The maximum absolute atomic E-state index is 5.08. The highest BCUT2D eigenvalue weighted by Gasteiger charge is 2.12. The van der Waals surface area contributed by atoms with Crippen LogP contribution in [-0.2, 0) is 23.1 Å². The third-order valence-corrected chi connectivity index (χ3v) is 4.08. The van der Waals surface area contributed by atoms with Gasteiger partial charge in [0.15, 0.2) is 0 Å². The molecule has 0 atom stereocenters. The van der Waals surface area contributed by atoms with Crippen LogP contribution in [0.1, 0.15) is 17.7 Å². The van der Waals surface area contributed by atoms with E-state index in [-0.39, 0.29) is 0 Å². The first-order valence-corrected chi connectivity index (χ1v) is 7.53. The van der Waals surface area contributed by atoms with Gasteiger partial charge >= 0.3 is 0 Å². The summed E-state index contributed by atoms with van der Waals surface area (Å²) in [6.07, 6.45) is 1.06. The summed E-state index contributed by atoms with van der Waals surface area (Å²) in [7, 11) is 5.46. The fraction of sp³-hybridized carbons (Fsp3) is 0.769. The van der Waals surface area contributed by atoms with Crippen molar-refractivity contribution in [1.29, 1.82) is 0 Å². The number of hydrogen-bond acceptors (Lipinski definition) is 5. The molecule has 5 nitrogen and oxygen atoms in total. The molecule has 0 aliphatic heterocycles. The quantitative estimate of drug-likeness (QED) is 0.523. The van der Waals surface area contributed by atoms with E-state index < -0.39 is 0 Å². The van der Waals surface area contributed by atoms with Gasteiger partial charge in [-0.15, -0.1) is 11.8 Å². The van der Waals surface area contributed by atoms with Crippen LogP contribution in [0.25, 0.3) is 0 Å². The maximum Gasteiger partial charge on any atom is 0.0984 e. The molecule has 1 heterocycles. The van der Waals surface area contributed by atoms with Crippen molar-refractivity contribution in [2.24, 2.45) is 7.05 Å². The van der Waals surface area contributed by atoms with Gasteiger partial charge in [-0.3, -0.25) is 4.68 Å². The molecular formula is C13H25N3O2S. The normalized spacial score (nSPS) is 11.2. The second-order valence-corrected chi connectivity index (χ2v) is 5.44. The summed E-state index contributed by atoms with van der Waals surface area (Å²) in [6, 6.07) is 0. The van der Waals surface area contributed by atoms with E-state index in [1.54, 1.807) is 14.2 Å². The summed E-state index contributed by atoms with van der Waals surface area (Å²) >= 11 is 1.85. The molecule has 1 rings (SSSR count). The average molecular weight is 287 g/mol. The van der Waals surface area contributed by atoms with E-state index in [0.717, 1.165) is 44.2 Å². The van der Waals surface area contributed by atoms with Crippen LogP contribution in [0.2, 0.25) is 0 Å². The van der Waals surface area contributed by atoms with Crippen LogP contribution in [0.15, 0.2) is 5.03 Å². The van der Waals surface area contributed by atoms with Crippen LogP contribution in [-0.4, -0.2) is 49.5 Å². The van der Waals surface area contributed by atoms with Crippen LogP contribution in [0, 0.1) is 6.92 Å². The number of ether oxygens (including phenoxy) is 2. The number of methoxy groups -OCH3 is 2. The van der Waals surface area contributed by atoms with Gasteiger partial charge in [0.2, 0.25) is 0 Å². The molecule has 0 aliphatic carbocycles. The number of nitrogens with one attached hydrogen (secondary N) is 1. The Morgan fingerprint density at radius 3 is 2.68 bits per heavy atom. The summed E-state index contributed by atoms with van der Waals surface area (Å²) in [5.74, 6) is 1.05. The standard InChI is InChI=1S/C13H25N3O2S/c1-11-12(10-14-6-8-18-4)13(16(2)15-11)19-9-5-7-17-3/h14H,5-10H2,1-4H3. The van der Waals surface area contributed by atoms with E-state index in [0.29, 0.717) is 0 Å². The van der Waals surface area contributed by atoms with E-state index >= 15 is 0 Å². The van der Waals surface area contributed by atoms with Gasteiger partial charge in [-0.25, -0.2) is 0 Å². The van der Waals surface area contributed by atoms with Crippen molar-refractivity contribution >= 4 is 11.8 Å². The minimum Gasteiger partial charge on any atom is -0.385 e. The minimum absolute atomic E-state index is 0.732. The minimum atomic E-state index is 0.732. The molecule has 0 unspecified atom stereocenters. The summed E-state index contributed by atoms with van der Waals surface area (Å²) < 4.78 is 12.1. The summed E-state index contributed by atoms with van der Waals surface area (Å²) in [6.45, 7) is 5.31. The molecule has 1 N–H and O–H groups in total. The average Bonchev–Trinajstić information content (AvgIpc) is 2.65. The van der Waals surface area contributed by atoms with E-state index in [1.807, 2.05) is 23.5 Å². The Bertz CT molecular complexity index is 337. The van der Waals surface area contributed by atoms with Gasteiger partial charge in [0, 0.05) is 52.3 Å². The molecule has 0 aromatic carbocycles. The van der Waals surface area contributed by atoms with Gasteiger partial charge in [0.05, 0.1) is 17.3 Å². The van der Waals surface area contributed by atoms with Crippen molar-refractivity contribution in [3.05, 3.63) is 11.3 Å². The predicted octanol–water partition coefficient (Wildman–Crippen LogP) is 1.59. The molecule has 0 fully saturated rings. The molecule has 6 heteroatoms. The highest BCUT2D eigenvalue weighted by molar-refractivity contribution is 7.99. The fourth-order valence-corrected chi connectivity index (χ4v) is 2.90. The molecular weight excluding hydrogens is 262 g/mol. The lowest BCUT2D eigenvalue weighted by Gasteiger charge is -2.07. The molecule has 1 aromatic rings. The van der Waals surface area contributed by atoms with E-state index in [4.69, 9.17) is 9.47 Å². The maximum atomic E-state index is 5.08. The summed E-state index contributed by atoms with van der Waals surface area (Å²) in [5.41, 5.74) is 2.39. The lowest BCUT2D eigenvalue weighted by Crippen LogP contribution is -2.19. The molecule has 0 spiro atoms. The van der Waals surface area contributed by atoms with E-state index in [2.05, 4.69) is 17.3 Å². The van der Waals surface area contributed by atoms with Crippen LogP contribution in [0.4, 0.5) is 0 Å².